The fraction of sp³-hybridized carbons (Fsp3) is 0.409. The number of rotatable bonds is 10. The third-order valence-electron chi connectivity index (χ3n) is 5.28. The number of amides is 1. The minimum atomic E-state index is -3.52. The average Bonchev–Trinajstić information content (AvgIpc) is 2.83. The first-order valence-electron chi connectivity index (χ1n) is 10.6. The SMILES string of the molecule is COc1ccc(CSCC(=O)NCc2cccc(S(=O)(=O)N3CCCCC3)c2)cc1[N+](=O)[O-]. The molecule has 1 amide bonds. The summed E-state index contributed by atoms with van der Waals surface area (Å²) in [6, 6.07) is 11.4. The molecular weight excluding hydrogens is 466 g/mol. The van der Waals surface area contributed by atoms with E-state index in [4.69, 9.17) is 4.74 Å². The van der Waals surface area contributed by atoms with Crippen LogP contribution in [0.4, 0.5) is 5.69 Å². The van der Waals surface area contributed by atoms with Crippen LogP contribution in [0.25, 0.3) is 0 Å². The van der Waals surface area contributed by atoms with Gasteiger partial charge in [0.05, 0.1) is 22.7 Å². The molecule has 178 valence electrons. The molecule has 9 nitrogen and oxygen atoms in total. The maximum absolute atomic E-state index is 12.8. The van der Waals surface area contributed by atoms with Crippen molar-refractivity contribution in [3.8, 4) is 5.75 Å². The molecule has 0 atom stereocenters. The highest BCUT2D eigenvalue weighted by atomic mass is 32.2. The number of hydrogen-bond donors (Lipinski definition) is 1. The number of piperidine rings is 1. The zero-order valence-electron chi connectivity index (χ0n) is 18.4. The summed E-state index contributed by atoms with van der Waals surface area (Å²) in [6.07, 6.45) is 2.79. The normalized spacial score (nSPS) is 14.6. The van der Waals surface area contributed by atoms with Crippen LogP contribution in [-0.2, 0) is 27.1 Å². The quantitative estimate of drug-likeness (QED) is 0.398. The van der Waals surface area contributed by atoms with E-state index >= 15 is 0 Å². The van der Waals surface area contributed by atoms with Gasteiger partial charge < -0.3 is 10.1 Å². The molecule has 0 unspecified atom stereocenters. The number of hydrogen-bond acceptors (Lipinski definition) is 7. The van der Waals surface area contributed by atoms with E-state index in [1.54, 1.807) is 36.4 Å². The molecule has 3 rings (SSSR count). The summed E-state index contributed by atoms with van der Waals surface area (Å²) < 4.78 is 32.2. The highest BCUT2D eigenvalue weighted by molar-refractivity contribution is 7.99. The van der Waals surface area contributed by atoms with E-state index in [9.17, 15) is 23.3 Å². The molecule has 0 radical (unpaired) electrons. The van der Waals surface area contributed by atoms with Crippen molar-refractivity contribution >= 4 is 33.4 Å². The molecule has 1 heterocycles. The zero-order chi connectivity index (χ0) is 23.8. The molecule has 1 saturated heterocycles. The Bertz CT molecular complexity index is 1100. The molecule has 1 fully saturated rings. The number of nitro groups is 1. The summed E-state index contributed by atoms with van der Waals surface area (Å²) in [5.74, 6) is 0.594. The third kappa shape index (κ3) is 6.68. The number of nitrogens with zero attached hydrogens (tertiary/aromatic N) is 2. The second-order valence-electron chi connectivity index (χ2n) is 7.64. The van der Waals surface area contributed by atoms with Crippen LogP contribution in [0.5, 0.6) is 5.75 Å². The first-order chi connectivity index (χ1) is 15.8. The third-order valence-corrected chi connectivity index (χ3v) is 8.18. The molecule has 0 bridgehead atoms. The molecule has 0 spiro atoms. The molecule has 0 aliphatic carbocycles. The van der Waals surface area contributed by atoms with Crippen LogP contribution in [0.3, 0.4) is 0 Å². The molecule has 1 aliphatic rings. The Morgan fingerprint density at radius 2 is 1.91 bits per heavy atom. The Kier molecular flexibility index (Phi) is 8.70. The first kappa shape index (κ1) is 25.0. The van der Waals surface area contributed by atoms with Gasteiger partial charge in [-0.05, 0) is 42.2 Å². The van der Waals surface area contributed by atoms with E-state index in [0.717, 1.165) is 24.8 Å². The van der Waals surface area contributed by atoms with Gasteiger partial charge in [0.2, 0.25) is 15.9 Å². The maximum Gasteiger partial charge on any atom is 0.311 e. The topological polar surface area (TPSA) is 119 Å². The second-order valence-corrected chi connectivity index (χ2v) is 10.6. The van der Waals surface area contributed by atoms with Crippen LogP contribution in [-0.4, -0.2) is 49.5 Å². The van der Waals surface area contributed by atoms with Crippen LogP contribution in [0.15, 0.2) is 47.4 Å². The van der Waals surface area contributed by atoms with E-state index in [-0.39, 0.29) is 34.5 Å². The van der Waals surface area contributed by atoms with Crippen LogP contribution >= 0.6 is 11.8 Å². The summed E-state index contributed by atoms with van der Waals surface area (Å²) in [5.41, 5.74) is 1.31. The van der Waals surface area contributed by atoms with Crippen LogP contribution < -0.4 is 10.1 Å². The highest BCUT2D eigenvalue weighted by Gasteiger charge is 2.26. The van der Waals surface area contributed by atoms with E-state index in [0.29, 0.717) is 24.4 Å². The smallest absolute Gasteiger partial charge is 0.311 e. The van der Waals surface area contributed by atoms with Crippen molar-refractivity contribution in [3.05, 3.63) is 63.7 Å². The summed E-state index contributed by atoms with van der Waals surface area (Å²) in [5, 5.41) is 13.9. The molecule has 2 aromatic carbocycles. The van der Waals surface area contributed by atoms with Gasteiger partial charge in [-0.25, -0.2) is 8.42 Å². The van der Waals surface area contributed by atoms with E-state index in [1.807, 2.05) is 0 Å². The number of thioether (sulfide) groups is 1. The van der Waals surface area contributed by atoms with E-state index in [2.05, 4.69) is 5.32 Å². The summed E-state index contributed by atoms with van der Waals surface area (Å²) in [7, 11) is -2.15. The van der Waals surface area contributed by atoms with Gasteiger partial charge in [0, 0.05) is 31.5 Å². The van der Waals surface area contributed by atoms with Gasteiger partial charge in [0.25, 0.3) is 0 Å². The molecule has 11 heteroatoms. The van der Waals surface area contributed by atoms with Gasteiger partial charge >= 0.3 is 5.69 Å². The van der Waals surface area contributed by atoms with E-state index in [1.165, 1.54) is 29.2 Å². The monoisotopic (exact) mass is 493 g/mol. The summed E-state index contributed by atoms with van der Waals surface area (Å²) in [4.78, 5) is 23.1. The number of carbonyl (C=O) groups excluding carboxylic acids is 1. The van der Waals surface area contributed by atoms with Crippen LogP contribution in [0, 0.1) is 10.1 Å². The molecule has 2 aromatic rings. The number of carbonyl (C=O) groups is 1. The number of benzene rings is 2. The lowest BCUT2D eigenvalue weighted by atomic mass is 10.2. The standard InChI is InChI=1S/C22H27N3O6S2/c1-31-21-9-8-18(13-20(21)25(27)28)15-32-16-22(26)23-14-17-6-5-7-19(12-17)33(29,30)24-10-3-2-4-11-24/h5-9,12-13H,2-4,10-11,14-16H2,1H3,(H,23,26). The summed E-state index contributed by atoms with van der Waals surface area (Å²) in [6.45, 7) is 1.30. The Labute approximate surface area is 197 Å². The predicted octanol–water partition coefficient (Wildman–Crippen LogP) is 3.33. The van der Waals surface area contributed by atoms with Crippen LogP contribution in [0.1, 0.15) is 30.4 Å². The highest BCUT2D eigenvalue weighted by Crippen LogP contribution is 2.29. The number of methoxy groups -OCH3 is 1. The summed E-state index contributed by atoms with van der Waals surface area (Å²) >= 11 is 1.33. The lowest BCUT2D eigenvalue weighted by Gasteiger charge is -2.26. The van der Waals surface area contributed by atoms with Gasteiger partial charge in [-0.15, -0.1) is 11.8 Å². The van der Waals surface area contributed by atoms with E-state index < -0.39 is 14.9 Å². The van der Waals surface area contributed by atoms with Crippen molar-refractivity contribution < 1.29 is 22.9 Å². The predicted molar refractivity (Wildman–Crippen MR) is 127 cm³/mol. The minimum Gasteiger partial charge on any atom is -0.490 e. The largest absolute Gasteiger partial charge is 0.490 e. The fourth-order valence-electron chi connectivity index (χ4n) is 3.55. The molecule has 1 N–H and O–H groups in total. The van der Waals surface area contributed by atoms with Gasteiger partial charge in [0.1, 0.15) is 0 Å². The Hall–Kier alpha value is -2.63. The number of nitro benzene ring substituents is 1. The minimum absolute atomic E-state index is 0.112. The lowest BCUT2D eigenvalue weighted by molar-refractivity contribution is -0.385. The zero-order valence-corrected chi connectivity index (χ0v) is 20.0. The first-order valence-corrected chi connectivity index (χ1v) is 13.2. The maximum atomic E-state index is 12.8. The molecule has 0 aromatic heterocycles. The van der Waals surface area contributed by atoms with Gasteiger partial charge in [-0.3, -0.25) is 14.9 Å². The molecule has 33 heavy (non-hydrogen) atoms. The van der Waals surface area contributed by atoms with Crippen LogP contribution in [0.2, 0.25) is 0 Å². The lowest BCUT2D eigenvalue weighted by Crippen LogP contribution is -2.35. The molecule has 1 aliphatic heterocycles. The number of nitrogens with one attached hydrogen (secondary N) is 1. The Morgan fingerprint density at radius 1 is 1.15 bits per heavy atom. The van der Waals surface area contributed by atoms with Crippen molar-refractivity contribution in [1.82, 2.24) is 9.62 Å². The van der Waals surface area contributed by atoms with Gasteiger partial charge in [0.15, 0.2) is 5.75 Å². The second kappa shape index (κ2) is 11.5. The van der Waals surface area contributed by atoms with Crippen molar-refractivity contribution in [2.75, 3.05) is 26.0 Å². The average molecular weight is 494 g/mol. The molecule has 0 saturated carbocycles. The Balaban J connectivity index is 1.51. The van der Waals surface area contributed by atoms with Crippen molar-refractivity contribution in [3.63, 3.8) is 0 Å². The fourth-order valence-corrected chi connectivity index (χ4v) is 5.94. The number of sulfonamides is 1. The van der Waals surface area contributed by atoms with Gasteiger partial charge in [-0.1, -0.05) is 24.6 Å². The van der Waals surface area contributed by atoms with Crippen molar-refractivity contribution in [1.29, 1.82) is 0 Å². The Morgan fingerprint density at radius 3 is 2.61 bits per heavy atom. The van der Waals surface area contributed by atoms with Gasteiger partial charge in [-0.2, -0.15) is 4.31 Å². The van der Waals surface area contributed by atoms with Crippen molar-refractivity contribution in [2.45, 2.75) is 36.5 Å². The molecular formula is C22H27N3O6S2. The van der Waals surface area contributed by atoms with Crippen molar-refractivity contribution in [2.24, 2.45) is 0 Å². The number of ether oxygens (including phenoxy) is 1.